The van der Waals surface area contributed by atoms with Gasteiger partial charge in [0.1, 0.15) is 6.04 Å². The summed E-state index contributed by atoms with van der Waals surface area (Å²) in [6.45, 7) is 3.80. The minimum Gasteiger partial charge on any atom is -0.480 e. The fourth-order valence-electron chi connectivity index (χ4n) is 1.35. The first kappa shape index (κ1) is 17.2. The summed E-state index contributed by atoms with van der Waals surface area (Å²) in [5, 5.41) is 11.4. The van der Waals surface area contributed by atoms with Crippen LogP contribution in [0.25, 0.3) is 0 Å². The number of aliphatic carboxylic acids is 1. The van der Waals surface area contributed by atoms with Crippen molar-refractivity contribution in [2.45, 2.75) is 45.2 Å². The molecular weight excluding hydrogens is 252 g/mol. The van der Waals surface area contributed by atoms with E-state index in [2.05, 4.69) is 10.1 Å². The lowest BCUT2D eigenvalue weighted by molar-refractivity contribution is -0.142. The molecule has 0 aromatic heterocycles. The number of amides is 2. The summed E-state index contributed by atoms with van der Waals surface area (Å²) in [6, 6.07) is -1.56. The summed E-state index contributed by atoms with van der Waals surface area (Å²) in [5.41, 5.74) is 0. The van der Waals surface area contributed by atoms with Gasteiger partial charge in [-0.15, -0.1) is 0 Å². The maximum absolute atomic E-state index is 11.8. The van der Waals surface area contributed by atoms with Crippen LogP contribution in [0, 0.1) is 0 Å². The Bertz CT molecular complexity index is 332. The molecule has 0 aliphatic rings. The van der Waals surface area contributed by atoms with E-state index in [1.807, 2.05) is 13.8 Å². The van der Waals surface area contributed by atoms with Gasteiger partial charge in [-0.1, -0.05) is 6.92 Å². The Morgan fingerprint density at radius 2 is 1.95 bits per heavy atom. The van der Waals surface area contributed by atoms with Crippen molar-refractivity contribution in [3.63, 3.8) is 0 Å². The van der Waals surface area contributed by atoms with Gasteiger partial charge in [-0.05, 0) is 19.8 Å². The van der Waals surface area contributed by atoms with Crippen LogP contribution in [0.5, 0.6) is 0 Å². The predicted molar refractivity (Wildman–Crippen MR) is 68.7 cm³/mol. The van der Waals surface area contributed by atoms with E-state index in [1.54, 1.807) is 7.05 Å². The van der Waals surface area contributed by atoms with E-state index in [0.29, 0.717) is 0 Å². The van der Waals surface area contributed by atoms with Gasteiger partial charge < -0.3 is 20.1 Å². The van der Waals surface area contributed by atoms with Gasteiger partial charge in [0.2, 0.25) is 0 Å². The summed E-state index contributed by atoms with van der Waals surface area (Å²) in [5.74, 6) is -1.68. The van der Waals surface area contributed by atoms with Gasteiger partial charge in [-0.25, -0.2) is 9.59 Å². The van der Waals surface area contributed by atoms with Crippen molar-refractivity contribution in [2.75, 3.05) is 14.2 Å². The Kier molecular flexibility index (Phi) is 7.55. The molecule has 0 saturated carbocycles. The van der Waals surface area contributed by atoms with Crippen molar-refractivity contribution >= 4 is 18.0 Å². The number of hydrogen-bond donors (Lipinski definition) is 2. The second-order valence-corrected chi connectivity index (χ2v) is 4.32. The third-order valence-corrected chi connectivity index (χ3v) is 3.03. The number of carbonyl (C=O) groups is 3. The zero-order chi connectivity index (χ0) is 15.0. The summed E-state index contributed by atoms with van der Waals surface area (Å²) in [4.78, 5) is 35.2. The average Bonchev–Trinajstić information content (AvgIpc) is 2.40. The first-order chi connectivity index (χ1) is 8.83. The van der Waals surface area contributed by atoms with Gasteiger partial charge in [-0.3, -0.25) is 4.79 Å². The molecule has 7 nitrogen and oxygen atoms in total. The minimum atomic E-state index is -1.17. The number of carbonyl (C=O) groups excluding carboxylic acids is 2. The summed E-state index contributed by atoms with van der Waals surface area (Å²) in [6.07, 6.45) is 0.715. The molecule has 0 bridgehead atoms. The van der Waals surface area contributed by atoms with Crippen molar-refractivity contribution in [1.82, 2.24) is 10.2 Å². The Morgan fingerprint density at radius 3 is 2.37 bits per heavy atom. The van der Waals surface area contributed by atoms with E-state index in [9.17, 15) is 14.4 Å². The monoisotopic (exact) mass is 274 g/mol. The van der Waals surface area contributed by atoms with Gasteiger partial charge in [-0.2, -0.15) is 0 Å². The van der Waals surface area contributed by atoms with Gasteiger partial charge in [0.15, 0.2) is 0 Å². The number of carboxylic acids is 1. The molecule has 2 N–H and O–H groups in total. The van der Waals surface area contributed by atoms with Crippen LogP contribution >= 0.6 is 0 Å². The zero-order valence-corrected chi connectivity index (χ0v) is 11.8. The molecule has 7 heteroatoms. The molecular formula is C12H22N2O5. The van der Waals surface area contributed by atoms with Crippen LogP contribution in [0.1, 0.15) is 33.1 Å². The lowest BCUT2D eigenvalue weighted by Crippen LogP contribution is -2.49. The van der Waals surface area contributed by atoms with Crippen molar-refractivity contribution < 1.29 is 24.2 Å². The van der Waals surface area contributed by atoms with E-state index in [-0.39, 0.29) is 18.9 Å². The number of esters is 1. The highest BCUT2D eigenvalue weighted by molar-refractivity contribution is 5.83. The van der Waals surface area contributed by atoms with Crippen LogP contribution < -0.4 is 5.32 Å². The maximum atomic E-state index is 11.8. The maximum Gasteiger partial charge on any atom is 0.326 e. The molecule has 1 unspecified atom stereocenters. The molecule has 110 valence electrons. The zero-order valence-electron chi connectivity index (χ0n) is 11.8. The number of ether oxygens (including phenoxy) is 1. The molecule has 0 aromatic carbocycles. The number of urea groups is 1. The number of nitrogens with zero attached hydrogens (tertiary/aromatic N) is 1. The Morgan fingerprint density at radius 1 is 1.37 bits per heavy atom. The molecule has 0 aromatic rings. The van der Waals surface area contributed by atoms with Crippen LogP contribution in [0.3, 0.4) is 0 Å². The molecule has 0 rings (SSSR count). The number of methoxy groups -OCH3 is 1. The van der Waals surface area contributed by atoms with E-state index in [1.165, 1.54) is 12.0 Å². The third kappa shape index (κ3) is 6.08. The molecule has 0 radical (unpaired) electrons. The van der Waals surface area contributed by atoms with Gasteiger partial charge in [0.25, 0.3) is 0 Å². The lowest BCUT2D eigenvalue weighted by Gasteiger charge is -2.26. The largest absolute Gasteiger partial charge is 0.480 e. The minimum absolute atomic E-state index is 0.00208. The number of carboxylic acid groups (broad SMARTS) is 1. The topological polar surface area (TPSA) is 95.9 Å². The molecule has 0 saturated heterocycles. The Balaban J connectivity index is 4.46. The molecule has 2 amide bonds. The highest BCUT2D eigenvalue weighted by Gasteiger charge is 2.24. The van der Waals surface area contributed by atoms with Gasteiger partial charge in [0.05, 0.1) is 7.11 Å². The molecule has 0 spiro atoms. The smallest absolute Gasteiger partial charge is 0.326 e. The molecule has 19 heavy (non-hydrogen) atoms. The van der Waals surface area contributed by atoms with Crippen molar-refractivity contribution in [3.8, 4) is 0 Å². The number of hydrogen-bond acceptors (Lipinski definition) is 4. The molecule has 0 fully saturated rings. The van der Waals surface area contributed by atoms with Crippen LogP contribution in [0.4, 0.5) is 4.79 Å². The predicted octanol–water partition coefficient (Wildman–Crippen LogP) is 0.833. The Hall–Kier alpha value is -1.79. The standard InChI is InChI=1S/C12H22N2O5/c1-5-8(2)14(3)12(18)13-9(11(16)17)6-7-10(15)19-4/h8-9H,5-7H2,1-4H3,(H,13,18)(H,16,17)/t8?,9-/m1/s1. The quantitative estimate of drug-likeness (QED) is 0.670. The first-order valence-corrected chi connectivity index (χ1v) is 6.16. The number of rotatable bonds is 7. The van der Waals surface area contributed by atoms with Crippen molar-refractivity contribution in [2.24, 2.45) is 0 Å². The summed E-state index contributed by atoms with van der Waals surface area (Å²) >= 11 is 0. The van der Waals surface area contributed by atoms with Crippen molar-refractivity contribution in [3.05, 3.63) is 0 Å². The fraction of sp³-hybridized carbons (Fsp3) is 0.750. The van der Waals surface area contributed by atoms with Crippen LogP contribution in [-0.4, -0.2) is 54.2 Å². The SMILES string of the molecule is CCC(C)N(C)C(=O)N[C@H](CCC(=O)OC)C(=O)O. The second kappa shape index (κ2) is 8.34. The van der Waals surface area contributed by atoms with E-state index in [0.717, 1.165) is 6.42 Å². The van der Waals surface area contributed by atoms with Crippen molar-refractivity contribution in [1.29, 1.82) is 0 Å². The van der Waals surface area contributed by atoms with Gasteiger partial charge in [0, 0.05) is 19.5 Å². The van der Waals surface area contributed by atoms with E-state index < -0.39 is 24.0 Å². The highest BCUT2D eigenvalue weighted by atomic mass is 16.5. The first-order valence-electron chi connectivity index (χ1n) is 6.16. The normalized spacial score (nSPS) is 13.3. The third-order valence-electron chi connectivity index (χ3n) is 3.03. The Labute approximate surface area is 112 Å². The molecule has 0 aliphatic heterocycles. The highest BCUT2D eigenvalue weighted by Crippen LogP contribution is 2.04. The van der Waals surface area contributed by atoms with E-state index in [4.69, 9.17) is 5.11 Å². The fourth-order valence-corrected chi connectivity index (χ4v) is 1.35. The molecule has 2 atom stereocenters. The van der Waals surface area contributed by atoms with Crippen LogP contribution in [0.15, 0.2) is 0 Å². The van der Waals surface area contributed by atoms with Crippen LogP contribution in [-0.2, 0) is 14.3 Å². The summed E-state index contributed by atoms with van der Waals surface area (Å²) < 4.78 is 4.43. The molecule has 0 aliphatic carbocycles. The van der Waals surface area contributed by atoms with E-state index >= 15 is 0 Å². The average molecular weight is 274 g/mol. The second-order valence-electron chi connectivity index (χ2n) is 4.32. The van der Waals surface area contributed by atoms with Crippen LogP contribution in [0.2, 0.25) is 0 Å². The summed E-state index contributed by atoms with van der Waals surface area (Å²) in [7, 11) is 2.83. The molecule has 0 heterocycles. The lowest BCUT2D eigenvalue weighted by atomic mass is 10.1. The number of nitrogens with one attached hydrogen (secondary N) is 1. The van der Waals surface area contributed by atoms with Gasteiger partial charge >= 0.3 is 18.0 Å².